The Balaban J connectivity index is 3.08. The molecule has 0 bridgehead atoms. The summed E-state index contributed by atoms with van der Waals surface area (Å²) in [7, 11) is 0. The fourth-order valence-electron chi connectivity index (χ4n) is 2.19. The largest absolute Gasteiger partial charge is 0.462 e. The van der Waals surface area contributed by atoms with Gasteiger partial charge in [-0.1, -0.05) is 18.2 Å². The van der Waals surface area contributed by atoms with Gasteiger partial charge in [0.2, 0.25) is 0 Å². The van der Waals surface area contributed by atoms with E-state index in [2.05, 4.69) is 0 Å². The molecule has 1 rings (SSSR count). The van der Waals surface area contributed by atoms with E-state index < -0.39 is 0 Å². The molecule has 0 aliphatic rings. The van der Waals surface area contributed by atoms with Gasteiger partial charge in [0, 0.05) is 6.54 Å². The fraction of sp³-hybridized carbons (Fsp3) is 0.500. The first kappa shape index (κ1) is 17.0. The van der Waals surface area contributed by atoms with Crippen LogP contribution in [0.25, 0.3) is 0 Å². The van der Waals surface area contributed by atoms with Gasteiger partial charge in [-0.05, 0) is 39.3 Å². The van der Waals surface area contributed by atoms with Crippen LogP contribution in [0, 0.1) is 0 Å². The highest BCUT2D eigenvalue weighted by Crippen LogP contribution is 2.25. The molecule has 0 aliphatic heterocycles. The normalized spacial score (nSPS) is 11.6. The number of carbonyl (C=O) groups excluding carboxylic acids is 2. The molecule has 1 unspecified atom stereocenters. The van der Waals surface area contributed by atoms with Gasteiger partial charge in [-0.25, -0.2) is 9.59 Å². The number of amides is 1. The Morgan fingerprint density at radius 2 is 1.71 bits per heavy atom. The average molecular weight is 293 g/mol. The zero-order valence-corrected chi connectivity index (χ0v) is 13.1. The van der Waals surface area contributed by atoms with Crippen LogP contribution in [0.15, 0.2) is 24.3 Å². The minimum Gasteiger partial charge on any atom is -0.462 e. The van der Waals surface area contributed by atoms with Crippen molar-refractivity contribution in [2.45, 2.75) is 33.7 Å². The van der Waals surface area contributed by atoms with Crippen molar-refractivity contribution in [3.05, 3.63) is 35.4 Å². The molecule has 116 valence electrons. The van der Waals surface area contributed by atoms with Gasteiger partial charge in [0.05, 0.1) is 24.8 Å². The number of rotatable bonds is 6. The van der Waals surface area contributed by atoms with Crippen molar-refractivity contribution < 1.29 is 19.1 Å². The molecule has 5 nitrogen and oxygen atoms in total. The van der Waals surface area contributed by atoms with Gasteiger partial charge in [-0.3, -0.25) is 0 Å². The predicted octanol–water partition coefficient (Wildman–Crippen LogP) is 3.40. The van der Waals surface area contributed by atoms with E-state index in [1.807, 2.05) is 26.0 Å². The second-order valence-corrected chi connectivity index (χ2v) is 4.47. The number of hydrogen-bond acceptors (Lipinski definition) is 4. The van der Waals surface area contributed by atoms with Crippen LogP contribution < -0.4 is 0 Å². The first-order valence-corrected chi connectivity index (χ1v) is 7.26. The maximum atomic E-state index is 12.0. The molecule has 0 saturated carbocycles. The van der Waals surface area contributed by atoms with Crippen molar-refractivity contribution in [3.63, 3.8) is 0 Å². The molecule has 21 heavy (non-hydrogen) atoms. The third-order valence-corrected chi connectivity index (χ3v) is 3.22. The lowest BCUT2D eigenvalue weighted by atomic mass is 10.0. The molecule has 1 aromatic carbocycles. The third-order valence-electron chi connectivity index (χ3n) is 3.22. The summed E-state index contributed by atoms with van der Waals surface area (Å²) in [4.78, 5) is 25.6. The van der Waals surface area contributed by atoms with Gasteiger partial charge >= 0.3 is 12.1 Å². The van der Waals surface area contributed by atoms with Crippen LogP contribution in [0.3, 0.4) is 0 Å². The number of benzene rings is 1. The van der Waals surface area contributed by atoms with E-state index in [9.17, 15) is 9.59 Å². The summed E-state index contributed by atoms with van der Waals surface area (Å²) in [6.07, 6.45) is -0.383. The van der Waals surface area contributed by atoms with E-state index >= 15 is 0 Å². The Kier molecular flexibility index (Phi) is 6.72. The molecule has 0 N–H and O–H groups in total. The zero-order chi connectivity index (χ0) is 15.8. The van der Waals surface area contributed by atoms with Crippen LogP contribution >= 0.6 is 0 Å². The van der Waals surface area contributed by atoms with E-state index in [0.717, 1.165) is 5.56 Å². The maximum Gasteiger partial charge on any atom is 0.410 e. The summed E-state index contributed by atoms with van der Waals surface area (Å²) < 4.78 is 10.1. The zero-order valence-electron chi connectivity index (χ0n) is 13.1. The molecule has 1 atom stereocenters. The maximum absolute atomic E-state index is 12.0. The van der Waals surface area contributed by atoms with Crippen molar-refractivity contribution in [2.24, 2.45) is 0 Å². The Morgan fingerprint density at radius 3 is 2.29 bits per heavy atom. The number of ether oxygens (including phenoxy) is 2. The summed E-state index contributed by atoms with van der Waals surface area (Å²) in [5, 5.41) is 0. The van der Waals surface area contributed by atoms with E-state index in [-0.39, 0.29) is 18.1 Å². The molecule has 0 heterocycles. The van der Waals surface area contributed by atoms with Crippen LogP contribution in [-0.4, -0.2) is 36.7 Å². The third kappa shape index (κ3) is 4.21. The Bertz CT molecular complexity index is 487. The topological polar surface area (TPSA) is 55.8 Å². The van der Waals surface area contributed by atoms with Crippen molar-refractivity contribution in [2.75, 3.05) is 19.8 Å². The molecule has 0 fully saturated rings. The smallest absolute Gasteiger partial charge is 0.410 e. The quantitative estimate of drug-likeness (QED) is 0.754. The van der Waals surface area contributed by atoms with Crippen molar-refractivity contribution in [1.29, 1.82) is 0 Å². The van der Waals surface area contributed by atoms with Crippen molar-refractivity contribution in [1.82, 2.24) is 4.90 Å². The SMILES string of the molecule is CCOC(=O)c1ccccc1C(C)N(CC)C(=O)OCC. The molecule has 0 aliphatic carbocycles. The molecular formula is C16H23NO4. The molecule has 0 spiro atoms. The highest BCUT2D eigenvalue weighted by Gasteiger charge is 2.25. The first-order valence-electron chi connectivity index (χ1n) is 7.26. The van der Waals surface area contributed by atoms with Gasteiger partial charge in [0.1, 0.15) is 0 Å². The van der Waals surface area contributed by atoms with Gasteiger partial charge in [0.25, 0.3) is 0 Å². The lowest BCUT2D eigenvalue weighted by Crippen LogP contribution is -2.34. The predicted molar refractivity (Wildman–Crippen MR) is 80.2 cm³/mol. The van der Waals surface area contributed by atoms with Gasteiger partial charge in [-0.15, -0.1) is 0 Å². The van der Waals surface area contributed by atoms with Crippen LogP contribution in [0.5, 0.6) is 0 Å². The summed E-state index contributed by atoms with van der Waals surface area (Å²) in [5.74, 6) is -0.375. The molecule has 0 saturated heterocycles. The lowest BCUT2D eigenvalue weighted by Gasteiger charge is -2.28. The molecule has 1 amide bonds. The Hall–Kier alpha value is -2.04. The summed E-state index contributed by atoms with van der Waals surface area (Å²) >= 11 is 0. The number of nitrogens with zero attached hydrogens (tertiary/aromatic N) is 1. The van der Waals surface area contributed by atoms with Crippen LogP contribution in [0.2, 0.25) is 0 Å². The van der Waals surface area contributed by atoms with Gasteiger partial charge in [0.15, 0.2) is 0 Å². The van der Waals surface area contributed by atoms with Crippen molar-refractivity contribution in [3.8, 4) is 0 Å². The molecule has 0 radical (unpaired) electrons. The Labute approximate surface area is 125 Å². The Morgan fingerprint density at radius 1 is 1.10 bits per heavy atom. The number of carbonyl (C=O) groups is 2. The summed E-state index contributed by atoms with van der Waals surface area (Å²) in [6.45, 7) is 8.42. The van der Waals surface area contributed by atoms with E-state index in [1.54, 1.807) is 30.9 Å². The number of esters is 1. The average Bonchev–Trinajstić information content (AvgIpc) is 2.48. The second-order valence-electron chi connectivity index (χ2n) is 4.47. The second kappa shape index (κ2) is 8.29. The standard InChI is InChI=1S/C16H23NO4/c1-5-17(16(19)21-7-3)12(4)13-10-8-9-11-14(13)15(18)20-6-2/h8-12H,5-7H2,1-4H3. The van der Waals surface area contributed by atoms with E-state index in [0.29, 0.717) is 25.3 Å². The summed E-state index contributed by atoms with van der Waals surface area (Å²) in [5.41, 5.74) is 1.24. The molecule has 0 aromatic heterocycles. The van der Waals surface area contributed by atoms with Crippen LogP contribution in [-0.2, 0) is 9.47 Å². The van der Waals surface area contributed by atoms with Crippen molar-refractivity contribution >= 4 is 12.1 Å². The molecule has 1 aromatic rings. The molecule has 5 heteroatoms. The lowest BCUT2D eigenvalue weighted by molar-refractivity contribution is 0.0519. The highest BCUT2D eigenvalue weighted by molar-refractivity contribution is 5.91. The van der Waals surface area contributed by atoms with Crippen LogP contribution in [0.4, 0.5) is 4.79 Å². The fourth-order valence-corrected chi connectivity index (χ4v) is 2.19. The van der Waals surface area contributed by atoms with Crippen LogP contribution in [0.1, 0.15) is 49.7 Å². The van der Waals surface area contributed by atoms with Gasteiger partial charge in [-0.2, -0.15) is 0 Å². The number of hydrogen-bond donors (Lipinski definition) is 0. The minimum atomic E-state index is -0.383. The monoisotopic (exact) mass is 293 g/mol. The summed E-state index contributed by atoms with van der Waals surface area (Å²) in [6, 6.07) is 6.90. The van der Waals surface area contributed by atoms with E-state index in [4.69, 9.17) is 9.47 Å². The highest BCUT2D eigenvalue weighted by atomic mass is 16.6. The first-order chi connectivity index (χ1) is 10.1. The molecular weight excluding hydrogens is 270 g/mol. The van der Waals surface area contributed by atoms with Gasteiger partial charge < -0.3 is 14.4 Å². The van der Waals surface area contributed by atoms with E-state index in [1.165, 1.54) is 0 Å². The minimum absolute atomic E-state index is 0.269.